The van der Waals surface area contributed by atoms with E-state index in [2.05, 4.69) is 4.98 Å². The number of Topliss-reactive ketones (excluding diaryl/α,β-unsaturated/α-hetero) is 2. The molecule has 0 saturated carbocycles. The number of ketones is 2. The minimum atomic E-state index is -0.539. The Kier molecular flexibility index (Phi) is 5.02. The fraction of sp³-hybridized carbons (Fsp3) is 0.316. The molecular formula is C19H21NO4. The fourth-order valence-corrected chi connectivity index (χ4v) is 2.94. The Bertz CT molecular complexity index is 810. The van der Waals surface area contributed by atoms with Crippen LogP contribution in [-0.2, 0) is 4.74 Å². The molecule has 0 atom stereocenters. The van der Waals surface area contributed by atoms with Crippen molar-refractivity contribution in [3.63, 3.8) is 0 Å². The molecule has 0 aliphatic carbocycles. The summed E-state index contributed by atoms with van der Waals surface area (Å²) in [5.74, 6) is -1.00. The Morgan fingerprint density at radius 1 is 1.00 bits per heavy atom. The number of carbonyl (C=O) groups excluding carboxylic acids is 3. The number of aromatic nitrogens is 1. The lowest BCUT2D eigenvalue weighted by molar-refractivity contribution is 0.0473. The van der Waals surface area contributed by atoms with E-state index in [0.29, 0.717) is 28.1 Å². The monoisotopic (exact) mass is 327 g/mol. The first-order chi connectivity index (χ1) is 11.2. The van der Waals surface area contributed by atoms with Crippen molar-refractivity contribution in [2.75, 3.05) is 6.61 Å². The molecule has 0 aliphatic rings. The average Bonchev–Trinajstić information content (AvgIpc) is 2.78. The Morgan fingerprint density at radius 2 is 1.58 bits per heavy atom. The van der Waals surface area contributed by atoms with Gasteiger partial charge in [-0.2, -0.15) is 0 Å². The molecule has 1 heterocycles. The smallest absolute Gasteiger partial charge is 0.338 e. The first-order valence-electron chi connectivity index (χ1n) is 7.69. The highest BCUT2D eigenvalue weighted by molar-refractivity contribution is 6.04. The van der Waals surface area contributed by atoms with Gasteiger partial charge >= 0.3 is 5.97 Å². The molecule has 24 heavy (non-hydrogen) atoms. The lowest BCUT2D eigenvalue weighted by atomic mass is 10.1. The van der Waals surface area contributed by atoms with Crippen LogP contribution in [0.25, 0.3) is 0 Å². The number of aromatic amines is 1. The van der Waals surface area contributed by atoms with Crippen LogP contribution in [0.4, 0.5) is 0 Å². The summed E-state index contributed by atoms with van der Waals surface area (Å²) < 4.78 is 5.13. The van der Waals surface area contributed by atoms with Gasteiger partial charge < -0.3 is 9.72 Å². The van der Waals surface area contributed by atoms with E-state index in [-0.39, 0.29) is 18.2 Å². The second-order valence-electron chi connectivity index (χ2n) is 6.06. The van der Waals surface area contributed by atoms with Crippen LogP contribution in [0.1, 0.15) is 60.5 Å². The van der Waals surface area contributed by atoms with E-state index >= 15 is 0 Å². The normalized spacial score (nSPS) is 10.5. The highest BCUT2D eigenvalue weighted by Gasteiger charge is 2.21. The first-order valence-corrected chi connectivity index (χ1v) is 7.69. The van der Waals surface area contributed by atoms with Crippen LogP contribution in [0, 0.1) is 27.7 Å². The van der Waals surface area contributed by atoms with Crippen LogP contribution >= 0.6 is 0 Å². The third-order valence-corrected chi connectivity index (χ3v) is 3.86. The SMILES string of the molecule is CC(=O)c1c(C)[nH]c(C(=O)COC(=O)c2cc(C)cc(C)c2)c1C. The van der Waals surface area contributed by atoms with E-state index in [9.17, 15) is 14.4 Å². The summed E-state index contributed by atoms with van der Waals surface area (Å²) in [6, 6.07) is 5.39. The maximum absolute atomic E-state index is 12.3. The minimum absolute atomic E-state index is 0.104. The Labute approximate surface area is 141 Å². The Hall–Kier alpha value is -2.69. The van der Waals surface area contributed by atoms with Crippen molar-refractivity contribution in [2.45, 2.75) is 34.6 Å². The van der Waals surface area contributed by atoms with E-state index in [1.807, 2.05) is 19.9 Å². The maximum Gasteiger partial charge on any atom is 0.338 e. The highest BCUT2D eigenvalue weighted by atomic mass is 16.5. The zero-order chi connectivity index (χ0) is 18.0. The van der Waals surface area contributed by atoms with Gasteiger partial charge in [-0.15, -0.1) is 0 Å². The van der Waals surface area contributed by atoms with Crippen molar-refractivity contribution in [1.29, 1.82) is 0 Å². The topological polar surface area (TPSA) is 76.2 Å². The second-order valence-corrected chi connectivity index (χ2v) is 6.06. The van der Waals surface area contributed by atoms with Gasteiger partial charge in [-0.05, 0) is 52.3 Å². The van der Waals surface area contributed by atoms with Crippen LogP contribution in [0.3, 0.4) is 0 Å². The van der Waals surface area contributed by atoms with Crippen molar-refractivity contribution in [1.82, 2.24) is 4.98 Å². The van der Waals surface area contributed by atoms with Gasteiger partial charge in [0, 0.05) is 11.3 Å². The molecule has 1 N–H and O–H groups in total. The molecule has 1 aromatic heterocycles. The molecule has 5 heteroatoms. The van der Waals surface area contributed by atoms with E-state index < -0.39 is 5.97 Å². The summed E-state index contributed by atoms with van der Waals surface area (Å²) in [6.45, 7) is 8.31. The molecule has 0 aliphatic heterocycles. The molecule has 5 nitrogen and oxygen atoms in total. The van der Waals surface area contributed by atoms with Gasteiger partial charge in [-0.3, -0.25) is 9.59 Å². The van der Waals surface area contributed by atoms with Crippen LogP contribution in [0.2, 0.25) is 0 Å². The number of aryl methyl sites for hydroxylation is 3. The minimum Gasteiger partial charge on any atom is -0.454 e. The predicted octanol–water partition coefficient (Wildman–Crippen LogP) is 3.49. The molecule has 2 aromatic rings. The largest absolute Gasteiger partial charge is 0.454 e. The lowest BCUT2D eigenvalue weighted by Crippen LogP contribution is -2.15. The number of nitrogens with one attached hydrogen (secondary N) is 1. The van der Waals surface area contributed by atoms with Gasteiger partial charge in [0.15, 0.2) is 12.4 Å². The Balaban J connectivity index is 2.12. The van der Waals surface area contributed by atoms with E-state index in [0.717, 1.165) is 11.1 Å². The summed E-state index contributed by atoms with van der Waals surface area (Å²) in [7, 11) is 0. The zero-order valence-corrected chi connectivity index (χ0v) is 14.6. The van der Waals surface area contributed by atoms with Crippen molar-refractivity contribution in [3.8, 4) is 0 Å². The lowest BCUT2D eigenvalue weighted by Gasteiger charge is -2.06. The third-order valence-electron chi connectivity index (χ3n) is 3.86. The number of rotatable bonds is 5. The van der Waals surface area contributed by atoms with Gasteiger partial charge in [0.25, 0.3) is 0 Å². The van der Waals surface area contributed by atoms with Crippen LogP contribution in [0.5, 0.6) is 0 Å². The number of esters is 1. The van der Waals surface area contributed by atoms with Gasteiger partial charge in [0.2, 0.25) is 5.78 Å². The summed E-state index contributed by atoms with van der Waals surface area (Å²) >= 11 is 0. The van der Waals surface area contributed by atoms with E-state index in [1.54, 1.807) is 26.0 Å². The van der Waals surface area contributed by atoms with Crippen molar-refractivity contribution in [2.24, 2.45) is 0 Å². The van der Waals surface area contributed by atoms with Crippen LogP contribution in [0.15, 0.2) is 18.2 Å². The van der Waals surface area contributed by atoms with Gasteiger partial charge in [0.05, 0.1) is 11.3 Å². The molecule has 2 rings (SSSR count). The first kappa shape index (κ1) is 17.7. The number of carbonyl (C=O) groups is 3. The van der Waals surface area contributed by atoms with Gasteiger partial charge in [0.1, 0.15) is 0 Å². The molecule has 0 fully saturated rings. The van der Waals surface area contributed by atoms with Gasteiger partial charge in [-0.1, -0.05) is 17.2 Å². The standard InChI is InChI=1S/C19H21NO4/c1-10-6-11(2)8-15(7-10)19(23)24-9-16(22)18-12(3)17(14(5)21)13(4)20-18/h6-8,20H,9H2,1-5H3. The quantitative estimate of drug-likeness (QED) is 0.673. The number of hydrogen-bond donors (Lipinski definition) is 1. The van der Waals surface area contributed by atoms with Crippen LogP contribution in [-0.4, -0.2) is 29.1 Å². The van der Waals surface area contributed by atoms with Crippen molar-refractivity contribution in [3.05, 3.63) is 57.4 Å². The maximum atomic E-state index is 12.3. The molecule has 0 saturated heterocycles. The molecule has 0 amide bonds. The molecule has 0 spiro atoms. The van der Waals surface area contributed by atoms with Gasteiger partial charge in [-0.25, -0.2) is 4.79 Å². The molecule has 126 valence electrons. The number of H-pyrrole nitrogens is 1. The summed E-state index contributed by atoms with van der Waals surface area (Å²) in [5, 5.41) is 0. The molecule has 0 unspecified atom stereocenters. The third kappa shape index (κ3) is 3.62. The summed E-state index contributed by atoms with van der Waals surface area (Å²) in [5.41, 5.74) is 4.39. The number of hydrogen-bond acceptors (Lipinski definition) is 4. The molecular weight excluding hydrogens is 306 g/mol. The fourth-order valence-electron chi connectivity index (χ4n) is 2.94. The van der Waals surface area contributed by atoms with E-state index in [4.69, 9.17) is 4.74 Å². The molecule has 1 aromatic carbocycles. The average molecular weight is 327 g/mol. The Morgan fingerprint density at radius 3 is 2.08 bits per heavy atom. The zero-order valence-electron chi connectivity index (χ0n) is 14.6. The van der Waals surface area contributed by atoms with E-state index in [1.165, 1.54) is 6.92 Å². The summed E-state index contributed by atoms with van der Waals surface area (Å²) in [4.78, 5) is 39.0. The van der Waals surface area contributed by atoms with Crippen molar-refractivity contribution >= 4 is 17.5 Å². The molecule has 0 bridgehead atoms. The predicted molar refractivity (Wildman–Crippen MR) is 90.8 cm³/mol. The summed E-state index contributed by atoms with van der Waals surface area (Å²) in [6.07, 6.45) is 0. The number of ether oxygens (including phenoxy) is 1. The van der Waals surface area contributed by atoms with Crippen LogP contribution < -0.4 is 0 Å². The molecule has 0 radical (unpaired) electrons. The van der Waals surface area contributed by atoms with Crippen molar-refractivity contribution < 1.29 is 19.1 Å². The highest BCUT2D eigenvalue weighted by Crippen LogP contribution is 2.19. The number of benzene rings is 1. The second kappa shape index (κ2) is 6.83.